The molecule has 3 heterocycles. The molecule has 3 rings (SSSR count). The summed E-state index contributed by atoms with van der Waals surface area (Å²) in [4.78, 5) is 2.90. The van der Waals surface area contributed by atoms with Gasteiger partial charge in [-0.15, -0.1) is 0 Å². The largest absolute Gasteiger partial charge is 0.348 e. The molecule has 0 bridgehead atoms. The van der Waals surface area contributed by atoms with Gasteiger partial charge in [0.15, 0.2) is 17.9 Å². The fourth-order valence-corrected chi connectivity index (χ4v) is 2.89. The normalized spacial score (nSPS) is 45.1. The second kappa shape index (κ2) is 4.56. The molecule has 5 atom stereocenters. The SMILES string of the molecule is CC1(C)O[C@@H]2O[C@@H]([C@@H]3COC(C)(C)O3)[C@H](N=[N+]=[N-])[C@H]2O1. The highest BCUT2D eigenvalue weighted by Crippen LogP contribution is 2.41. The molecule has 8 heteroatoms. The molecule has 0 unspecified atom stereocenters. The lowest BCUT2D eigenvalue weighted by molar-refractivity contribution is -0.222. The van der Waals surface area contributed by atoms with Gasteiger partial charge in [0, 0.05) is 4.91 Å². The molecule has 0 amide bonds. The summed E-state index contributed by atoms with van der Waals surface area (Å²) in [6.07, 6.45) is -1.70. The number of azide groups is 1. The van der Waals surface area contributed by atoms with Crippen LogP contribution in [0.4, 0.5) is 0 Å². The van der Waals surface area contributed by atoms with E-state index in [1.807, 2.05) is 13.8 Å². The highest BCUT2D eigenvalue weighted by molar-refractivity contribution is 5.01. The first-order valence-corrected chi connectivity index (χ1v) is 6.68. The molecular weight excluding hydrogens is 266 g/mol. The number of ether oxygens (including phenoxy) is 5. The Morgan fingerprint density at radius 3 is 2.40 bits per heavy atom. The van der Waals surface area contributed by atoms with Gasteiger partial charge in [-0.3, -0.25) is 0 Å². The monoisotopic (exact) mass is 285 g/mol. The molecule has 112 valence electrons. The van der Waals surface area contributed by atoms with Gasteiger partial charge in [0.2, 0.25) is 0 Å². The first kappa shape index (κ1) is 14.1. The van der Waals surface area contributed by atoms with Crippen LogP contribution in [0.5, 0.6) is 0 Å². The molecule has 8 nitrogen and oxygen atoms in total. The minimum atomic E-state index is -0.740. The van der Waals surface area contributed by atoms with Crippen LogP contribution in [0.3, 0.4) is 0 Å². The van der Waals surface area contributed by atoms with Gasteiger partial charge in [-0.05, 0) is 33.2 Å². The lowest BCUT2D eigenvalue weighted by Gasteiger charge is -2.26. The minimum Gasteiger partial charge on any atom is -0.348 e. The Bertz CT molecular complexity index is 448. The van der Waals surface area contributed by atoms with E-state index in [2.05, 4.69) is 10.0 Å². The molecule has 0 radical (unpaired) electrons. The van der Waals surface area contributed by atoms with Gasteiger partial charge in [0.05, 0.1) is 12.6 Å². The average Bonchev–Trinajstić information content (AvgIpc) is 2.91. The van der Waals surface area contributed by atoms with E-state index in [9.17, 15) is 0 Å². The van der Waals surface area contributed by atoms with Crippen LogP contribution in [0.15, 0.2) is 5.11 Å². The Labute approximate surface area is 116 Å². The van der Waals surface area contributed by atoms with Crippen molar-refractivity contribution in [3.05, 3.63) is 10.4 Å². The zero-order valence-electron chi connectivity index (χ0n) is 12.0. The zero-order chi connectivity index (χ0) is 14.5. The van der Waals surface area contributed by atoms with Crippen molar-refractivity contribution >= 4 is 0 Å². The Hall–Kier alpha value is -0.890. The molecule has 3 saturated heterocycles. The average molecular weight is 285 g/mol. The Kier molecular flexibility index (Phi) is 3.20. The van der Waals surface area contributed by atoms with E-state index < -0.39 is 36.1 Å². The van der Waals surface area contributed by atoms with Crippen molar-refractivity contribution in [3.8, 4) is 0 Å². The number of hydrogen-bond donors (Lipinski definition) is 0. The van der Waals surface area contributed by atoms with Crippen molar-refractivity contribution < 1.29 is 23.7 Å². The molecule has 0 N–H and O–H groups in total. The van der Waals surface area contributed by atoms with Gasteiger partial charge in [0.25, 0.3) is 0 Å². The fourth-order valence-electron chi connectivity index (χ4n) is 2.89. The Balaban J connectivity index is 1.78. The van der Waals surface area contributed by atoms with Crippen LogP contribution in [0.25, 0.3) is 10.4 Å². The molecule has 3 fully saturated rings. The van der Waals surface area contributed by atoms with E-state index in [0.717, 1.165) is 0 Å². The van der Waals surface area contributed by atoms with Crippen molar-refractivity contribution in [1.29, 1.82) is 0 Å². The topological polar surface area (TPSA) is 94.9 Å². The first-order chi connectivity index (χ1) is 9.31. The predicted molar refractivity (Wildman–Crippen MR) is 66.5 cm³/mol. The van der Waals surface area contributed by atoms with Crippen LogP contribution in [0.1, 0.15) is 27.7 Å². The molecule has 20 heavy (non-hydrogen) atoms. The summed E-state index contributed by atoms with van der Waals surface area (Å²) < 4.78 is 28.6. The molecule has 0 aromatic heterocycles. The third-order valence-corrected chi connectivity index (χ3v) is 3.63. The van der Waals surface area contributed by atoms with E-state index in [-0.39, 0.29) is 6.10 Å². The molecule has 0 aromatic rings. The van der Waals surface area contributed by atoms with Crippen molar-refractivity contribution in [2.75, 3.05) is 6.61 Å². The summed E-state index contributed by atoms with van der Waals surface area (Å²) in [5.41, 5.74) is 8.77. The van der Waals surface area contributed by atoms with Crippen molar-refractivity contribution in [2.24, 2.45) is 5.11 Å². The third kappa shape index (κ3) is 2.39. The third-order valence-electron chi connectivity index (χ3n) is 3.63. The Morgan fingerprint density at radius 2 is 1.80 bits per heavy atom. The maximum atomic E-state index is 8.77. The molecule has 3 aliphatic rings. The second-order valence-corrected chi connectivity index (χ2v) is 6.13. The quantitative estimate of drug-likeness (QED) is 0.437. The molecule has 3 aliphatic heterocycles. The van der Waals surface area contributed by atoms with E-state index in [1.165, 1.54) is 0 Å². The fraction of sp³-hybridized carbons (Fsp3) is 1.00. The van der Waals surface area contributed by atoms with E-state index in [0.29, 0.717) is 6.61 Å². The van der Waals surface area contributed by atoms with Gasteiger partial charge < -0.3 is 23.7 Å². The molecule has 0 spiro atoms. The van der Waals surface area contributed by atoms with Gasteiger partial charge in [0.1, 0.15) is 18.3 Å². The van der Waals surface area contributed by atoms with E-state index in [4.69, 9.17) is 29.2 Å². The number of fused-ring (bicyclic) bond motifs is 1. The van der Waals surface area contributed by atoms with Gasteiger partial charge in [-0.2, -0.15) is 0 Å². The maximum Gasteiger partial charge on any atom is 0.188 e. The zero-order valence-corrected chi connectivity index (χ0v) is 12.0. The summed E-state index contributed by atoms with van der Waals surface area (Å²) in [7, 11) is 0. The standard InChI is InChI=1S/C12H19N3O5/c1-11(2)16-5-6(18-11)8-7(14-15-13)9-10(17-8)20-12(3,4)19-9/h6-10H,5H2,1-4H3/t6-,7-,8-,9+,10-/m0/s1. The summed E-state index contributed by atoms with van der Waals surface area (Å²) in [5.74, 6) is -1.40. The summed E-state index contributed by atoms with van der Waals surface area (Å²) in [6.45, 7) is 7.66. The minimum absolute atomic E-state index is 0.304. The van der Waals surface area contributed by atoms with Crippen molar-refractivity contribution in [1.82, 2.24) is 0 Å². The lowest BCUT2D eigenvalue weighted by atomic mass is 10.0. The number of rotatable bonds is 2. The van der Waals surface area contributed by atoms with Crippen molar-refractivity contribution in [3.63, 3.8) is 0 Å². The summed E-state index contributed by atoms with van der Waals surface area (Å²) >= 11 is 0. The molecular formula is C12H19N3O5. The smallest absolute Gasteiger partial charge is 0.188 e. The van der Waals surface area contributed by atoms with Crippen LogP contribution in [-0.4, -0.2) is 48.8 Å². The second-order valence-electron chi connectivity index (χ2n) is 6.13. The highest BCUT2D eigenvalue weighted by atomic mass is 16.8. The number of hydrogen-bond acceptors (Lipinski definition) is 6. The van der Waals surface area contributed by atoms with Gasteiger partial charge in [-0.25, -0.2) is 0 Å². The maximum absolute atomic E-state index is 8.77. The van der Waals surface area contributed by atoms with Crippen LogP contribution in [0, 0.1) is 0 Å². The molecule has 0 saturated carbocycles. The Morgan fingerprint density at radius 1 is 1.05 bits per heavy atom. The first-order valence-electron chi connectivity index (χ1n) is 6.68. The van der Waals surface area contributed by atoms with Crippen LogP contribution in [0.2, 0.25) is 0 Å². The van der Waals surface area contributed by atoms with Gasteiger partial charge in [-0.1, -0.05) is 5.11 Å². The lowest BCUT2D eigenvalue weighted by Crippen LogP contribution is -2.41. The van der Waals surface area contributed by atoms with Crippen LogP contribution < -0.4 is 0 Å². The van der Waals surface area contributed by atoms with Crippen molar-refractivity contribution in [2.45, 2.75) is 69.9 Å². The summed E-state index contributed by atoms with van der Waals surface area (Å²) in [6, 6.07) is -0.491. The highest BCUT2D eigenvalue weighted by Gasteiger charge is 2.57. The predicted octanol–water partition coefficient (Wildman–Crippen LogP) is 1.69. The van der Waals surface area contributed by atoms with Gasteiger partial charge >= 0.3 is 0 Å². The van der Waals surface area contributed by atoms with E-state index in [1.54, 1.807) is 13.8 Å². The number of nitrogens with zero attached hydrogens (tertiary/aromatic N) is 3. The van der Waals surface area contributed by atoms with Crippen LogP contribution >= 0.6 is 0 Å². The molecule has 0 aromatic carbocycles. The molecule has 0 aliphatic carbocycles. The van der Waals surface area contributed by atoms with Crippen LogP contribution in [-0.2, 0) is 23.7 Å². The van der Waals surface area contributed by atoms with E-state index >= 15 is 0 Å². The summed E-state index contributed by atoms with van der Waals surface area (Å²) in [5, 5.41) is 3.82.